The highest BCUT2D eigenvalue weighted by Gasteiger charge is 2.36. The van der Waals surface area contributed by atoms with Crippen molar-refractivity contribution in [3.63, 3.8) is 0 Å². The van der Waals surface area contributed by atoms with Crippen LogP contribution in [0.4, 0.5) is 4.39 Å². The van der Waals surface area contributed by atoms with Gasteiger partial charge in [0.1, 0.15) is 11.9 Å². The molecular weight excluding hydrogens is 417 g/mol. The monoisotopic (exact) mass is 445 g/mol. The molecule has 1 saturated carbocycles. The fraction of sp³-hybridized carbons (Fsp3) is 0.435. The van der Waals surface area contributed by atoms with Gasteiger partial charge < -0.3 is 5.32 Å². The number of hydrogen-bond donors (Lipinski definition) is 1. The van der Waals surface area contributed by atoms with E-state index in [1.54, 1.807) is 25.1 Å². The first-order valence-corrected chi connectivity index (χ1v) is 12.1. The summed E-state index contributed by atoms with van der Waals surface area (Å²) in [5.74, 6) is -0.463. The molecule has 6 nitrogen and oxygen atoms in total. The molecule has 1 N–H and O–H groups in total. The largest absolute Gasteiger partial charge is 0.352 e. The Hall–Kier alpha value is -2.29. The highest BCUT2D eigenvalue weighted by atomic mass is 32.2. The fourth-order valence-electron chi connectivity index (χ4n) is 4.01. The van der Waals surface area contributed by atoms with Gasteiger partial charge in [0.05, 0.1) is 4.90 Å². The van der Waals surface area contributed by atoms with Crippen molar-refractivity contribution < 1.29 is 17.6 Å². The van der Waals surface area contributed by atoms with E-state index in [4.69, 9.17) is 0 Å². The Morgan fingerprint density at radius 1 is 1.03 bits per heavy atom. The molecular formula is C23H28FN3O3S. The van der Waals surface area contributed by atoms with E-state index in [-0.39, 0.29) is 17.8 Å². The Bertz CT molecular complexity index is 1060. The van der Waals surface area contributed by atoms with Gasteiger partial charge in [-0.05, 0) is 61.6 Å². The number of nitrogens with zero attached hydrogens (tertiary/aromatic N) is 2. The molecule has 0 aromatic heterocycles. The van der Waals surface area contributed by atoms with Crippen LogP contribution in [0.25, 0.3) is 0 Å². The maximum atomic E-state index is 13.4. The summed E-state index contributed by atoms with van der Waals surface area (Å²) in [6.45, 7) is 5.11. The van der Waals surface area contributed by atoms with Gasteiger partial charge in [0.15, 0.2) is 0 Å². The van der Waals surface area contributed by atoms with Gasteiger partial charge in [-0.25, -0.2) is 12.8 Å². The number of aryl methyl sites for hydroxylation is 2. The number of rotatable bonds is 6. The van der Waals surface area contributed by atoms with E-state index in [0.717, 1.165) is 24.0 Å². The third-order valence-electron chi connectivity index (χ3n) is 5.96. The smallest absolute Gasteiger partial charge is 0.243 e. The summed E-state index contributed by atoms with van der Waals surface area (Å²) >= 11 is 0. The molecule has 4 rings (SSSR count). The molecule has 8 heteroatoms. The minimum atomic E-state index is -3.61. The van der Waals surface area contributed by atoms with Gasteiger partial charge in [-0.15, -0.1) is 0 Å². The first-order chi connectivity index (χ1) is 14.8. The van der Waals surface area contributed by atoms with Crippen molar-refractivity contribution in [3.05, 3.63) is 65.0 Å². The number of sulfonamides is 1. The predicted molar refractivity (Wildman–Crippen MR) is 117 cm³/mol. The van der Waals surface area contributed by atoms with Gasteiger partial charge in [0, 0.05) is 32.2 Å². The molecule has 1 amide bonds. The van der Waals surface area contributed by atoms with Gasteiger partial charge >= 0.3 is 0 Å². The number of carbonyl (C=O) groups is 1. The summed E-state index contributed by atoms with van der Waals surface area (Å²) in [6, 6.07) is 11.1. The lowest BCUT2D eigenvalue weighted by Crippen LogP contribution is -2.52. The quantitative estimate of drug-likeness (QED) is 0.742. The van der Waals surface area contributed by atoms with Crippen LogP contribution in [0.1, 0.15) is 35.6 Å². The van der Waals surface area contributed by atoms with Gasteiger partial charge in [0.2, 0.25) is 15.9 Å². The molecule has 0 radical (unpaired) electrons. The number of amides is 1. The Balaban J connectivity index is 1.52. The van der Waals surface area contributed by atoms with E-state index >= 15 is 0 Å². The van der Waals surface area contributed by atoms with Crippen molar-refractivity contribution in [3.8, 4) is 0 Å². The Morgan fingerprint density at radius 3 is 2.29 bits per heavy atom. The van der Waals surface area contributed by atoms with Crippen LogP contribution < -0.4 is 5.32 Å². The second-order valence-corrected chi connectivity index (χ2v) is 10.4. The topological polar surface area (TPSA) is 69.7 Å². The average molecular weight is 446 g/mol. The second-order valence-electron chi connectivity index (χ2n) is 8.45. The molecule has 0 spiro atoms. The van der Waals surface area contributed by atoms with Gasteiger partial charge in [-0.2, -0.15) is 4.31 Å². The summed E-state index contributed by atoms with van der Waals surface area (Å²) in [4.78, 5) is 15.3. The van der Waals surface area contributed by atoms with Crippen molar-refractivity contribution in [2.45, 2.75) is 43.7 Å². The van der Waals surface area contributed by atoms with Gasteiger partial charge in [0.25, 0.3) is 0 Å². The van der Waals surface area contributed by atoms with Gasteiger partial charge in [-0.1, -0.05) is 24.3 Å². The first-order valence-electron chi connectivity index (χ1n) is 10.6. The van der Waals surface area contributed by atoms with Crippen LogP contribution in [-0.4, -0.2) is 55.8 Å². The molecule has 0 bridgehead atoms. The molecule has 1 saturated heterocycles. The molecule has 1 atom stereocenters. The average Bonchev–Trinajstić information content (AvgIpc) is 3.56. The van der Waals surface area contributed by atoms with Crippen LogP contribution in [0.15, 0.2) is 47.4 Å². The highest BCUT2D eigenvalue weighted by molar-refractivity contribution is 7.89. The van der Waals surface area contributed by atoms with Crippen molar-refractivity contribution in [1.82, 2.24) is 14.5 Å². The van der Waals surface area contributed by atoms with Gasteiger partial charge in [-0.3, -0.25) is 9.69 Å². The van der Waals surface area contributed by atoms with E-state index in [9.17, 15) is 17.6 Å². The molecule has 1 aliphatic carbocycles. The number of benzene rings is 2. The summed E-state index contributed by atoms with van der Waals surface area (Å²) < 4.78 is 41.4. The third kappa shape index (κ3) is 4.81. The zero-order chi connectivity index (χ0) is 22.2. The van der Waals surface area contributed by atoms with Crippen molar-refractivity contribution in [2.24, 2.45) is 0 Å². The van der Waals surface area contributed by atoms with Crippen LogP contribution in [0.5, 0.6) is 0 Å². The lowest BCUT2D eigenvalue weighted by molar-refractivity contribution is -0.127. The number of nitrogens with one attached hydrogen (secondary N) is 1. The maximum absolute atomic E-state index is 13.4. The van der Waals surface area contributed by atoms with Crippen LogP contribution >= 0.6 is 0 Å². The number of carbonyl (C=O) groups excluding carboxylic acids is 1. The van der Waals surface area contributed by atoms with E-state index in [0.29, 0.717) is 36.6 Å². The molecule has 31 heavy (non-hydrogen) atoms. The van der Waals surface area contributed by atoms with Crippen LogP contribution in [0, 0.1) is 19.7 Å². The Kier molecular flexibility index (Phi) is 6.14. The Labute approximate surface area is 183 Å². The third-order valence-corrected chi connectivity index (χ3v) is 8.00. The van der Waals surface area contributed by atoms with Crippen LogP contribution in [-0.2, 0) is 14.8 Å². The van der Waals surface area contributed by atoms with Crippen molar-refractivity contribution in [2.75, 3.05) is 26.2 Å². The molecule has 0 unspecified atom stereocenters. The summed E-state index contributed by atoms with van der Waals surface area (Å²) in [5, 5.41) is 3.04. The molecule has 1 aliphatic heterocycles. The Morgan fingerprint density at radius 2 is 1.68 bits per heavy atom. The first kappa shape index (κ1) is 21.9. The van der Waals surface area contributed by atoms with E-state index in [2.05, 4.69) is 5.32 Å². The number of piperazine rings is 1. The van der Waals surface area contributed by atoms with Crippen LogP contribution in [0.2, 0.25) is 0 Å². The predicted octanol–water partition coefficient (Wildman–Crippen LogP) is 2.77. The standard InChI is InChI=1S/C23H28FN3O3S/c1-16-3-4-17(2)21(15-16)31(29,30)27-13-11-26(12-14-27)22(23(28)25-20-9-10-20)18-5-7-19(24)8-6-18/h3-8,15,20,22H,9-14H2,1-2H3,(H,25,28)/t22-/m1/s1. The number of halogens is 1. The molecule has 2 aromatic carbocycles. The zero-order valence-corrected chi connectivity index (χ0v) is 18.7. The van der Waals surface area contributed by atoms with E-state index in [1.165, 1.54) is 16.4 Å². The zero-order valence-electron chi connectivity index (χ0n) is 17.8. The molecule has 2 fully saturated rings. The van der Waals surface area contributed by atoms with E-state index < -0.39 is 16.1 Å². The lowest BCUT2D eigenvalue weighted by Gasteiger charge is -2.38. The molecule has 166 valence electrons. The summed E-state index contributed by atoms with van der Waals surface area (Å²) in [7, 11) is -3.61. The SMILES string of the molecule is Cc1ccc(C)c(S(=O)(=O)N2CCN([C@@H](C(=O)NC3CC3)c3ccc(F)cc3)CC2)c1. The second kappa shape index (κ2) is 8.68. The van der Waals surface area contributed by atoms with Crippen molar-refractivity contribution in [1.29, 1.82) is 0 Å². The maximum Gasteiger partial charge on any atom is 0.243 e. The summed E-state index contributed by atoms with van der Waals surface area (Å²) in [5.41, 5.74) is 2.34. The van der Waals surface area contributed by atoms with Crippen molar-refractivity contribution >= 4 is 15.9 Å². The molecule has 2 aliphatic rings. The van der Waals surface area contributed by atoms with Crippen LogP contribution in [0.3, 0.4) is 0 Å². The minimum Gasteiger partial charge on any atom is -0.352 e. The van der Waals surface area contributed by atoms with E-state index in [1.807, 2.05) is 24.0 Å². The molecule has 2 aromatic rings. The summed E-state index contributed by atoms with van der Waals surface area (Å²) in [6.07, 6.45) is 1.95. The lowest BCUT2D eigenvalue weighted by atomic mass is 10.0. The highest BCUT2D eigenvalue weighted by Crippen LogP contribution is 2.28. The molecule has 1 heterocycles. The fourth-order valence-corrected chi connectivity index (χ4v) is 5.74. The normalized spacial score (nSPS) is 19.2. The minimum absolute atomic E-state index is 0.111. The number of hydrogen-bond acceptors (Lipinski definition) is 4.